The van der Waals surface area contributed by atoms with Crippen LogP contribution >= 0.6 is 11.6 Å². The number of hydrogen-bond donors (Lipinski definition) is 1. The summed E-state index contributed by atoms with van der Waals surface area (Å²) in [5.74, 6) is -1.04. The van der Waals surface area contributed by atoms with Gasteiger partial charge in [-0.15, -0.1) is 11.6 Å². The number of carbonyl (C=O) groups excluding carboxylic acids is 1. The third kappa shape index (κ3) is 2.76. The van der Waals surface area contributed by atoms with Crippen molar-refractivity contribution in [1.82, 2.24) is 0 Å². The molecule has 0 bridgehead atoms. The minimum Gasteiger partial charge on any atom is -0.463 e. The Labute approximate surface area is 104 Å². The number of nitriles is 1. The average molecular weight is 254 g/mol. The number of hydrogen-bond acceptors (Lipinski definition) is 4. The zero-order chi connectivity index (χ0) is 12.9. The summed E-state index contributed by atoms with van der Waals surface area (Å²) in [6, 6.07) is 9.93. The molecule has 1 aromatic rings. The standard InChI is InChI=1S/C12H12ClNO3/c1-2-17-11(15)12(16,8-14)10(13)9-6-4-3-5-7-9/h3-7,10,16H,2H2,1H3. The van der Waals surface area contributed by atoms with E-state index in [1.807, 2.05) is 0 Å². The number of rotatable bonds is 4. The zero-order valence-electron chi connectivity index (χ0n) is 9.26. The number of nitrogens with zero attached hydrogens (tertiary/aromatic N) is 1. The van der Waals surface area contributed by atoms with Crippen LogP contribution in [0.4, 0.5) is 0 Å². The first-order valence-electron chi connectivity index (χ1n) is 5.06. The zero-order valence-corrected chi connectivity index (χ0v) is 10.0. The Hall–Kier alpha value is -1.57. The van der Waals surface area contributed by atoms with Crippen molar-refractivity contribution in [3.63, 3.8) is 0 Å². The molecule has 2 unspecified atom stereocenters. The van der Waals surface area contributed by atoms with Gasteiger partial charge in [-0.05, 0) is 12.5 Å². The third-order valence-corrected chi connectivity index (χ3v) is 2.78. The van der Waals surface area contributed by atoms with Crippen molar-refractivity contribution in [3.8, 4) is 6.07 Å². The molecule has 0 aliphatic rings. The second kappa shape index (κ2) is 5.67. The Morgan fingerprint density at radius 2 is 2.18 bits per heavy atom. The molecule has 90 valence electrons. The second-order valence-corrected chi connectivity index (χ2v) is 3.81. The van der Waals surface area contributed by atoms with Crippen molar-refractivity contribution in [2.75, 3.05) is 6.61 Å². The number of halogens is 1. The highest BCUT2D eigenvalue weighted by Crippen LogP contribution is 2.33. The highest BCUT2D eigenvalue weighted by molar-refractivity contribution is 6.23. The number of aliphatic hydroxyl groups is 1. The van der Waals surface area contributed by atoms with Crippen LogP contribution < -0.4 is 0 Å². The summed E-state index contributed by atoms with van der Waals surface area (Å²) >= 11 is 5.97. The van der Waals surface area contributed by atoms with Crippen molar-refractivity contribution in [3.05, 3.63) is 35.9 Å². The lowest BCUT2D eigenvalue weighted by molar-refractivity contribution is -0.159. The van der Waals surface area contributed by atoms with Crippen molar-refractivity contribution < 1.29 is 14.6 Å². The van der Waals surface area contributed by atoms with Crippen LogP contribution in [0.3, 0.4) is 0 Å². The number of carbonyl (C=O) groups is 1. The fourth-order valence-electron chi connectivity index (χ4n) is 1.31. The van der Waals surface area contributed by atoms with Gasteiger partial charge in [-0.3, -0.25) is 0 Å². The first-order chi connectivity index (χ1) is 8.06. The lowest BCUT2D eigenvalue weighted by atomic mass is 9.95. The Morgan fingerprint density at radius 1 is 1.59 bits per heavy atom. The molecule has 5 heteroatoms. The molecule has 0 aromatic heterocycles. The largest absolute Gasteiger partial charge is 0.463 e. The molecule has 4 nitrogen and oxygen atoms in total. The van der Waals surface area contributed by atoms with E-state index in [2.05, 4.69) is 4.74 Å². The number of ether oxygens (including phenoxy) is 1. The van der Waals surface area contributed by atoms with Crippen molar-refractivity contribution in [2.24, 2.45) is 0 Å². The molecule has 0 aliphatic heterocycles. The van der Waals surface area contributed by atoms with Gasteiger partial charge < -0.3 is 9.84 Å². The van der Waals surface area contributed by atoms with Crippen LogP contribution in [0.15, 0.2) is 30.3 Å². The number of alkyl halides is 1. The fourth-order valence-corrected chi connectivity index (χ4v) is 1.59. The van der Waals surface area contributed by atoms with Crippen LogP contribution in [0.1, 0.15) is 17.9 Å². The van der Waals surface area contributed by atoms with Crippen molar-refractivity contribution >= 4 is 17.6 Å². The molecular formula is C12H12ClNO3. The van der Waals surface area contributed by atoms with Crippen LogP contribution in [-0.2, 0) is 9.53 Å². The third-order valence-electron chi connectivity index (χ3n) is 2.22. The molecular weight excluding hydrogens is 242 g/mol. The summed E-state index contributed by atoms with van der Waals surface area (Å²) in [6.45, 7) is 1.66. The van der Waals surface area contributed by atoms with Gasteiger partial charge >= 0.3 is 5.97 Å². The van der Waals surface area contributed by atoms with Gasteiger partial charge in [0.05, 0.1) is 6.61 Å². The maximum Gasteiger partial charge on any atom is 0.355 e. The summed E-state index contributed by atoms with van der Waals surface area (Å²) in [5.41, 5.74) is -1.90. The van der Waals surface area contributed by atoms with E-state index in [0.29, 0.717) is 5.56 Å². The molecule has 0 radical (unpaired) electrons. The Kier molecular flexibility index (Phi) is 4.50. The average Bonchev–Trinajstić information content (AvgIpc) is 2.38. The molecule has 0 spiro atoms. The number of esters is 1. The van der Waals surface area contributed by atoms with Gasteiger partial charge in [-0.1, -0.05) is 30.3 Å². The molecule has 2 atom stereocenters. The summed E-state index contributed by atoms with van der Waals surface area (Å²) < 4.78 is 4.64. The SMILES string of the molecule is CCOC(=O)C(O)(C#N)C(Cl)c1ccccc1. The van der Waals surface area contributed by atoms with Crippen LogP contribution in [0.2, 0.25) is 0 Å². The van der Waals surface area contributed by atoms with E-state index in [0.717, 1.165) is 0 Å². The van der Waals surface area contributed by atoms with Gasteiger partial charge in [0.2, 0.25) is 0 Å². The smallest absolute Gasteiger partial charge is 0.355 e. The van der Waals surface area contributed by atoms with Gasteiger partial charge in [-0.2, -0.15) is 5.26 Å². The van der Waals surface area contributed by atoms with Gasteiger partial charge in [0.25, 0.3) is 5.60 Å². The molecule has 0 aliphatic carbocycles. The Balaban J connectivity index is 3.03. The molecule has 0 saturated carbocycles. The molecule has 1 N–H and O–H groups in total. The molecule has 1 aromatic carbocycles. The van der Waals surface area contributed by atoms with E-state index in [1.54, 1.807) is 37.3 Å². The van der Waals surface area contributed by atoms with Crippen LogP contribution in [0.5, 0.6) is 0 Å². The summed E-state index contributed by atoms with van der Waals surface area (Å²) in [7, 11) is 0. The number of benzene rings is 1. The van der Waals surface area contributed by atoms with E-state index >= 15 is 0 Å². The molecule has 0 saturated heterocycles. The van der Waals surface area contributed by atoms with Crippen molar-refractivity contribution in [1.29, 1.82) is 5.26 Å². The van der Waals surface area contributed by atoms with E-state index < -0.39 is 16.9 Å². The normalized spacial score (nSPS) is 15.4. The quantitative estimate of drug-likeness (QED) is 0.504. The summed E-state index contributed by atoms with van der Waals surface area (Å²) in [6.07, 6.45) is 0. The van der Waals surface area contributed by atoms with Crippen LogP contribution in [0, 0.1) is 11.3 Å². The minimum atomic E-state index is -2.38. The Morgan fingerprint density at radius 3 is 2.65 bits per heavy atom. The van der Waals surface area contributed by atoms with Crippen LogP contribution in [0.25, 0.3) is 0 Å². The maximum atomic E-state index is 11.5. The van der Waals surface area contributed by atoms with Gasteiger partial charge in [0.15, 0.2) is 0 Å². The predicted molar refractivity (Wildman–Crippen MR) is 62.2 cm³/mol. The van der Waals surface area contributed by atoms with E-state index in [9.17, 15) is 9.90 Å². The lowest BCUT2D eigenvalue weighted by Gasteiger charge is -2.23. The van der Waals surface area contributed by atoms with Crippen molar-refractivity contribution in [2.45, 2.75) is 17.9 Å². The highest BCUT2D eigenvalue weighted by atomic mass is 35.5. The molecule has 0 heterocycles. The van der Waals surface area contributed by atoms with E-state index in [1.165, 1.54) is 6.07 Å². The fraction of sp³-hybridized carbons (Fsp3) is 0.333. The maximum absolute atomic E-state index is 11.5. The topological polar surface area (TPSA) is 70.3 Å². The molecule has 0 amide bonds. The lowest BCUT2D eigenvalue weighted by Crippen LogP contribution is -2.42. The molecule has 17 heavy (non-hydrogen) atoms. The summed E-state index contributed by atoms with van der Waals surface area (Å²) in [5, 5.41) is 17.7. The summed E-state index contributed by atoms with van der Waals surface area (Å²) in [4.78, 5) is 11.5. The first kappa shape index (κ1) is 13.5. The molecule has 1 rings (SSSR count). The molecule has 0 fully saturated rings. The highest BCUT2D eigenvalue weighted by Gasteiger charge is 2.46. The van der Waals surface area contributed by atoms with Gasteiger partial charge in [0.1, 0.15) is 11.4 Å². The minimum absolute atomic E-state index is 0.0707. The van der Waals surface area contributed by atoms with E-state index in [-0.39, 0.29) is 6.61 Å². The van der Waals surface area contributed by atoms with E-state index in [4.69, 9.17) is 16.9 Å². The van der Waals surface area contributed by atoms with Crippen LogP contribution in [-0.4, -0.2) is 23.3 Å². The van der Waals surface area contributed by atoms with Gasteiger partial charge in [-0.25, -0.2) is 4.79 Å². The van der Waals surface area contributed by atoms with Gasteiger partial charge in [0, 0.05) is 0 Å². The second-order valence-electron chi connectivity index (χ2n) is 3.37. The first-order valence-corrected chi connectivity index (χ1v) is 5.49. The predicted octanol–water partition coefficient (Wildman–Crippen LogP) is 1.78. The monoisotopic (exact) mass is 253 g/mol. The Bertz CT molecular complexity index is 429.